The molecule has 3 N–H and O–H groups in total. The molecule has 0 unspecified atom stereocenters. The van der Waals surface area contributed by atoms with Gasteiger partial charge in [0.1, 0.15) is 5.82 Å². The van der Waals surface area contributed by atoms with Crippen LogP contribution >= 0.6 is 0 Å². The molecular formula is C26H25N7O2. The van der Waals surface area contributed by atoms with Crippen molar-refractivity contribution in [3.05, 3.63) is 71.5 Å². The standard InChI is InChI=1S/C26H25N7O2/c34-23-7-3-13-32(23)14-4-11-28-25-24(19-10-12-27-20-6-2-1-5-18(19)20)33(26(35)31-25)17-8-9-21-22(15-17)30-16-29-21/h1-2,5-6,8-10,12,15-16,28H,3-4,7,11,13-14H2,(H,29,30)(H,31,35). The molecule has 1 aliphatic heterocycles. The quantitative estimate of drug-likeness (QED) is 0.316. The normalized spacial score (nSPS) is 13.8. The van der Waals surface area contributed by atoms with E-state index in [4.69, 9.17) is 0 Å². The van der Waals surface area contributed by atoms with Crippen molar-refractivity contribution in [2.24, 2.45) is 0 Å². The summed E-state index contributed by atoms with van der Waals surface area (Å²) in [4.78, 5) is 42.1. The van der Waals surface area contributed by atoms with Crippen molar-refractivity contribution in [2.75, 3.05) is 25.0 Å². The predicted molar refractivity (Wildman–Crippen MR) is 136 cm³/mol. The van der Waals surface area contributed by atoms with Crippen LogP contribution in [0, 0.1) is 0 Å². The van der Waals surface area contributed by atoms with E-state index in [1.54, 1.807) is 17.1 Å². The van der Waals surface area contributed by atoms with Crippen LogP contribution in [-0.2, 0) is 4.79 Å². The van der Waals surface area contributed by atoms with Gasteiger partial charge in [-0.1, -0.05) is 18.2 Å². The topological polar surface area (TPSA) is 112 Å². The number of aromatic amines is 2. The number of hydrogen-bond acceptors (Lipinski definition) is 5. The molecule has 3 aromatic heterocycles. The molecule has 176 valence electrons. The first-order chi connectivity index (χ1) is 17.2. The van der Waals surface area contributed by atoms with E-state index in [1.165, 1.54) is 0 Å². The first-order valence-electron chi connectivity index (χ1n) is 11.8. The lowest BCUT2D eigenvalue weighted by atomic mass is 10.1. The van der Waals surface area contributed by atoms with Gasteiger partial charge in [0, 0.05) is 43.2 Å². The molecule has 5 aromatic rings. The number of likely N-dealkylation sites (tertiary alicyclic amines) is 1. The summed E-state index contributed by atoms with van der Waals surface area (Å²) in [5.74, 6) is 0.867. The summed E-state index contributed by atoms with van der Waals surface area (Å²) in [6, 6.07) is 15.6. The van der Waals surface area contributed by atoms with Crippen LogP contribution in [0.5, 0.6) is 0 Å². The molecule has 6 rings (SSSR count). The van der Waals surface area contributed by atoms with E-state index in [0.717, 1.165) is 58.3 Å². The van der Waals surface area contributed by atoms with Crippen molar-refractivity contribution >= 4 is 33.7 Å². The van der Waals surface area contributed by atoms with E-state index in [2.05, 4.69) is 25.3 Å². The third-order valence-electron chi connectivity index (χ3n) is 6.54. The average Bonchev–Trinajstić information content (AvgIpc) is 3.59. The molecule has 0 radical (unpaired) electrons. The first-order valence-corrected chi connectivity index (χ1v) is 11.8. The molecule has 2 aromatic carbocycles. The number of carbonyl (C=O) groups is 1. The molecular weight excluding hydrogens is 442 g/mol. The number of nitrogens with one attached hydrogen (secondary N) is 3. The predicted octanol–water partition coefficient (Wildman–Crippen LogP) is 3.68. The van der Waals surface area contributed by atoms with Gasteiger partial charge in [0.05, 0.1) is 34.3 Å². The number of carbonyl (C=O) groups excluding carboxylic acids is 1. The number of hydrogen-bond donors (Lipinski definition) is 3. The van der Waals surface area contributed by atoms with Gasteiger partial charge in [0.15, 0.2) is 0 Å². The number of amides is 1. The van der Waals surface area contributed by atoms with Gasteiger partial charge in [0.25, 0.3) is 0 Å². The Morgan fingerprint density at radius 1 is 1.03 bits per heavy atom. The highest BCUT2D eigenvalue weighted by molar-refractivity contribution is 5.96. The molecule has 0 bridgehead atoms. The zero-order valence-corrected chi connectivity index (χ0v) is 19.1. The minimum Gasteiger partial charge on any atom is -0.370 e. The summed E-state index contributed by atoms with van der Waals surface area (Å²) in [6.45, 7) is 2.16. The van der Waals surface area contributed by atoms with Gasteiger partial charge >= 0.3 is 5.69 Å². The fourth-order valence-corrected chi connectivity index (χ4v) is 4.85. The van der Waals surface area contributed by atoms with Crippen LogP contribution in [0.25, 0.3) is 38.9 Å². The highest BCUT2D eigenvalue weighted by Crippen LogP contribution is 2.33. The Morgan fingerprint density at radius 2 is 1.94 bits per heavy atom. The molecule has 1 amide bonds. The highest BCUT2D eigenvalue weighted by Gasteiger charge is 2.21. The van der Waals surface area contributed by atoms with Crippen molar-refractivity contribution in [3.8, 4) is 16.9 Å². The molecule has 0 spiro atoms. The molecule has 4 heterocycles. The molecule has 9 heteroatoms. The van der Waals surface area contributed by atoms with Crippen molar-refractivity contribution in [1.29, 1.82) is 0 Å². The van der Waals surface area contributed by atoms with Crippen molar-refractivity contribution in [1.82, 2.24) is 29.4 Å². The third-order valence-corrected chi connectivity index (χ3v) is 6.54. The number of fused-ring (bicyclic) bond motifs is 2. The minimum atomic E-state index is -0.239. The Labute approximate surface area is 200 Å². The van der Waals surface area contributed by atoms with Crippen LogP contribution in [0.3, 0.4) is 0 Å². The lowest BCUT2D eigenvalue weighted by Crippen LogP contribution is -2.27. The summed E-state index contributed by atoms with van der Waals surface area (Å²) < 4.78 is 1.69. The number of nitrogens with zero attached hydrogens (tertiary/aromatic N) is 4. The van der Waals surface area contributed by atoms with Gasteiger partial charge in [-0.2, -0.15) is 0 Å². The minimum absolute atomic E-state index is 0.225. The maximum atomic E-state index is 13.3. The number of rotatable bonds is 7. The second-order valence-electron chi connectivity index (χ2n) is 8.73. The maximum Gasteiger partial charge on any atom is 0.332 e. The Bertz CT molecular complexity index is 1590. The van der Waals surface area contributed by atoms with Crippen LogP contribution < -0.4 is 11.0 Å². The van der Waals surface area contributed by atoms with E-state index < -0.39 is 0 Å². The first kappa shape index (κ1) is 21.2. The fraction of sp³-hybridized carbons (Fsp3) is 0.231. The number of aromatic nitrogens is 5. The molecule has 0 atom stereocenters. The number of pyridine rings is 1. The fourth-order valence-electron chi connectivity index (χ4n) is 4.85. The van der Waals surface area contributed by atoms with Crippen molar-refractivity contribution in [2.45, 2.75) is 19.3 Å². The smallest absolute Gasteiger partial charge is 0.332 e. The average molecular weight is 468 g/mol. The SMILES string of the molecule is O=C1CCCN1CCCNc1[nH]c(=O)n(-c2ccc3nc[nH]c3c2)c1-c1ccnc2ccccc12. The van der Waals surface area contributed by atoms with Crippen LogP contribution in [-0.4, -0.2) is 54.9 Å². The van der Waals surface area contributed by atoms with Crippen molar-refractivity contribution < 1.29 is 4.79 Å². The summed E-state index contributed by atoms with van der Waals surface area (Å²) in [5, 5.41) is 4.38. The van der Waals surface area contributed by atoms with E-state index in [9.17, 15) is 9.59 Å². The van der Waals surface area contributed by atoms with Gasteiger partial charge < -0.3 is 15.2 Å². The number of H-pyrrole nitrogens is 2. The van der Waals surface area contributed by atoms with Crippen LogP contribution in [0.15, 0.2) is 65.8 Å². The Balaban J connectivity index is 1.42. The van der Waals surface area contributed by atoms with Gasteiger partial charge in [0.2, 0.25) is 5.91 Å². The molecule has 1 aliphatic rings. The van der Waals surface area contributed by atoms with Crippen molar-refractivity contribution in [3.63, 3.8) is 0 Å². The second kappa shape index (κ2) is 8.75. The number of imidazole rings is 2. The van der Waals surface area contributed by atoms with E-state index >= 15 is 0 Å². The zero-order chi connectivity index (χ0) is 23.8. The molecule has 0 saturated carbocycles. The van der Waals surface area contributed by atoms with Gasteiger partial charge in [-0.15, -0.1) is 0 Å². The lowest BCUT2D eigenvalue weighted by molar-refractivity contribution is -0.127. The van der Waals surface area contributed by atoms with E-state index in [-0.39, 0.29) is 11.6 Å². The molecule has 9 nitrogen and oxygen atoms in total. The van der Waals surface area contributed by atoms with E-state index in [1.807, 2.05) is 53.4 Å². The van der Waals surface area contributed by atoms with Gasteiger partial charge in [-0.25, -0.2) is 9.78 Å². The van der Waals surface area contributed by atoms with Crippen LogP contribution in [0.2, 0.25) is 0 Å². The monoisotopic (exact) mass is 467 g/mol. The maximum absolute atomic E-state index is 13.3. The summed E-state index contributed by atoms with van der Waals surface area (Å²) in [5.41, 5.74) is 4.67. The Morgan fingerprint density at radius 3 is 2.83 bits per heavy atom. The third kappa shape index (κ3) is 3.84. The van der Waals surface area contributed by atoms with E-state index in [0.29, 0.717) is 25.3 Å². The number of benzene rings is 2. The molecule has 1 fully saturated rings. The molecule has 1 saturated heterocycles. The number of para-hydroxylation sites is 1. The summed E-state index contributed by atoms with van der Waals surface area (Å²) in [6.07, 6.45) is 5.77. The zero-order valence-electron chi connectivity index (χ0n) is 19.1. The highest BCUT2D eigenvalue weighted by atomic mass is 16.2. The van der Waals surface area contributed by atoms with Crippen LogP contribution in [0.4, 0.5) is 5.82 Å². The molecule has 35 heavy (non-hydrogen) atoms. The summed E-state index contributed by atoms with van der Waals surface area (Å²) in [7, 11) is 0. The van der Waals surface area contributed by atoms with Gasteiger partial charge in [-0.05, 0) is 43.2 Å². The lowest BCUT2D eigenvalue weighted by Gasteiger charge is -2.16. The second-order valence-corrected chi connectivity index (χ2v) is 8.73. The molecule has 0 aliphatic carbocycles. The van der Waals surface area contributed by atoms with Gasteiger partial charge in [-0.3, -0.25) is 19.3 Å². The van der Waals surface area contributed by atoms with Crippen LogP contribution in [0.1, 0.15) is 19.3 Å². The summed E-state index contributed by atoms with van der Waals surface area (Å²) >= 11 is 0. The Hall–Kier alpha value is -4.40. The number of anilines is 1. The Kier molecular flexibility index (Phi) is 5.29. The largest absolute Gasteiger partial charge is 0.370 e.